The van der Waals surface area contributed by atoms with Crippen LogP contribution in [0.4, 0.5) is 0 Å². The van der Waals surface area contributed by atoms with Gasteiger partial charge in [0.25, 0.3) is 0 Å². The minimum atomic E-state index is -1.22. The van der Waals surface area contributed by atoms with Crippen LogP contribution in [-0.2, 0) is 9.47 Å². The lowest BCUT2D eigenvalue weighted by atomic mass is 9.83. The van der Waals surface area contributed by atoms with E-state index in [1.54, 1.807) is 6.92 Å². The van der Waals surface area contributed by atoms with E-state index in [1.807, 2.05) is 0 Å². The molecule has 5 heteroatoms. The van der Waals surface area contributed by atoms with Crippen LogP contribution in [0.25, 0.3) is 0 Å². The molecule has 3 fully saturated rings. The summed E-state index contributed by atoms with van der Waals surface area (Å²) in [6.45, 7) is 1.68. The van der Waals surface area contributed by atoms with Gasteiger partial charge in [-0.25, -0.2) is 0 Å². The van der Waals surface area contributed by atoms with Gasteiger partial charge in [0.1, 0.15) is 18.3 Å². The van der Waals surface area contributed by atoms with Crippen LogP contribution < -0.4 is 0 Å². The Morgan fingerprint density at radius 1 is 1.05 bits per heavy atom. The Hall–Kier alpha value is -0.200. The lowest BCUT2D eigenvalue weighted by Gasteiger charge is -2.42. The summed E-state index contributed by atoms with van der Waals surface area (Å²) in [6.07, 6.45) is 3.21. The van der Waals surface area contributed by atoms with Crippen LogP contribution in [-0.4, -0.2) is 52.1 Å². The van der Waals surface area contributed by atoms with E-state index in [9.17, 15) is 15.3 Å². The molecule has 115 valence electrons. The lowest BCUT2D eigenvalue weighted by Crippen LogP contribution is -2.58. The van der Waals surface area contributed by atoms with Crippen molar-refractivity contribution in [3.05, 3.63) is 6.42 Å². The highest BCUT2D eigenvalue weighted by Gasteiger charge is 2.45. The first-order valence-corrected chi connectivity index (χ1v) is 7.76. The maximum absolute atomic E-state index is 10.0. The molecule has 7 atom stereocenters. The molecule has 1 heterocycles. The molecule has 0 amide bonds. The number of ether oxygens (including phenoxy) is 2. The largest absolute Gasteiger partial charge is 0.388 e. The molecule has 0 bridgehead atoms. The SMILES string of the molecule is C[C@@H]1O[C@@H](O[C@@H]2[CH]CCC[C@@H]2C2CC2)[C@@H](O)[C@H](O)[C@@H]1O. The highest BCUT2D eigenvalue weighted by molar-refractivity contribution is 4.97. The molecule has 0 aromatic heterocycles. The number of rotatable bonds is 3. The molecule has 3 N–H and O–H groups in total. The highest BCUT2D eigenvalue weighted by atomic mass is 16.7. The molecule has 2 aliphatic carbocycles. The molecule has 0 unspecified atom stereocenters. The van der Waals surface area contributed by atoms with Gasteiger partial charge in [-0.1, -0.05) is 6.42 Å². The molecule has 1 saturated heterocycles. The zero-order valence-electron chi connectivity index (χ0n) is 11.9. The molecular weight excluding hydrogens is 260 g/mol. The van der Waals surface area contributed by atoms with Crippen molar-refractivity contribution < 1.29 is 24.8 Å². The van der Waals surface area contributed by atoms with E-state index in [-0.39, 0.29) is 6.10 Å². The summed E-state index contributed by atoms with van der Waals surface area (Å²) in [5.41, 5.74) is 0. The Morgan fingerprint density at radius 2 is 1.80 bits per heavy atom. The van der Waals surface area contributed by atoms with Crippen LogP contribution in [0.1, 0.15) is 39.0 Å². The van der Waals surface area contributed by atoms with Gasteiger partial charge in [-0.3, -0.25) is 0 Å². The Bertz CT molecular complexity index is 332. The molecular formula is C15H25O5. The maximum Gasteiger partial charge on any atom is 0.186 e. The number of hydrogen-bond acceptors (Lipinski definition) is 5. The smallest absolute Gasteiger partial charge is 0.186 e. The van der Waals surface area contributed by atoms with Gasteiger partial charge in [0, 0.05) is 0 Å². The standard InChI is InChI=1S/C15H25O5/c1-8-12(16)13(17)14(18)15(19-8)20-11-5-3-2-4-10(11)9-6-7-9/h5,8-18H,2-4,6-7H2,1H3/t8-,10+,11+,12+,13+,14-,15-/m0/s1. The Labute approximate surface area is 119 Å². The molecule has 0 aromatic rings. The van der Waals surface area contributed by atoms with Crippen molar-refractivity contribution >= 4 is 0 Å². The second-order valence-electron chi connectivity index (χ2n) is 6.45. The molecule has 0 aromatic carbocycles. The van der Waals surface area contributed by atoms with Crippen molar-refractivity contribution in [2.45, 2.75) is 75.8 Å². The topological polar surface area (TPSA) is 79.2 Å². The second kappa shape index (κ2) is 5.89. The summed E-state index contributed by atoms with van der Waals surface area (Å²) >= 11 is 0. The molecule has 3 aliphatic rings. The van der Waals surface area contributed by atoms with Crippen molar-refractivity contribution in [2.75, 3.05) is 0 Å². The van der Waals surface area contributed by atoms with E-state index >= 15 is 0 Å². The van der Waals surface area contributed by atoms with Gasteiger partial charge in [0.2, 0.25) is 0 Å². The average Bonchev–Trinajstić information content (AvgIpc) is 3.27. The fraction of sp³-hybridized carbons (Fsp3) is 0.933. The summed E-state index contributed by atoms with van der Waals surface area (Å²) in [5, 5.41) is 29.5. The molecule has 20 heavy (non-hydrogen) atoms. The van der Waals surface area contributed by atoms with E-state index < -0.39 is 30.7 Å². The Kier molecular flexibility index (Phi) is 4.34. The molecule has 1 radical (unpaired) electrons. The van der Waals surface area contributed by atoms with Crippen molar-refractivity contribution in [3.63, 3.8) is 0 Å². The molecule has 0 spiro atoms. The monoisotopic (exact) mass is 285 g/mol. The van der Waals surface area contributed by atoms with Crippen molar-refractivity contribution in [2.24, 2.45) is 11.8 Å². The maximum atomic E-state index is 10.0. The summed E-state index contributed by atoms with van der Waals surface area (Å²) in [6, 6.07) is 0. The molecule has 1 aliphatic heterocycles. The number of aliphatic hydroxyl groups excluding tert-OH is 3. The zero-order valence-corrected chi connectivity index (χ0v) is 11.9. The second-order valence-corrected chi connectivity index (χ2v) is 6.45. The third kappa shape index (κ3) is 2.88. The number of hydrogen-bond donors (Lipinski definition) is 3. The van der Waals surface area contributed by atoms with E-state index in [2.05, 4.69) is 6.42 Å². The van der Waals surface area contributed by atoms with Crippen LogP contribution in [0.5, 0.6) is 0 Å². The first-order chi connectivity index (χ1) is 9.58. The van der Waals surface area contributed by atoms with Crippen molar-refractivity contribution in [3.8, 4) is 0 Å². The van der Waals surface area contributed by atoms with Crippen LogP contribution in [0.2, 0.25) is 0 Å². The van der Waals surface area contributed by atoms with E-state index in [0.29, 0.717) is 5.92 Å². The lowest BCUT2D eigenvalue weighted by molar-refractivity contribution is -0.306. The minimum absolute atomic E-state index is 0.00876. The van der Waals surface area contributed by atoms with Gasteiger partial charge in [-0.15, -0.1) is 0 Å². The first kappa shape index (κ1) is 14.7. The van der Waals surface area contributed by atoms with Gasteiger partial charge in [-0.2, -0.15) is 0 Å². The summed E-state index contributed by atoms with van der Waals surface area (Å²) in [4.78, 5) is 0. The van der Waals surface area contributed by atoms with E-state index in [4.69, 9.17) is 9.47 Å². The number of aliphatic hydroxyl groups is 3. The van der Waals surface area contributed by atoms with E-state index in [1.165, 1.54) is 19.3 Å². The third-order valence-electron chi connectivity index (χ3n) is 4.89. The predicted octanol–water partition coefficient (Wildman–Crippen LogP) is 0.613. The van der Waals surface area contributed by atoms with Crippen LogP contribution in [0.3, 0.4) is 0 Å². The van der Waals surface area contributed by atoms with Gasteiger partial charge in [0.15, 0.2) is 6.29 Å². The normalized spacial score (nSPS) is 50.1. The summed E-state index contributed by atoms with van der Waals surface area (Å²) in [5.74, 6) is 1.25. The molecule has 2 saturated carbocycles. The van der Waals surface area contributed by atoms with Crippen molar-refractivity contribution in [1.29, 1.82) is 0 Å². The Balaban J connectivity index is 1.63. The van der Waals surface area contributed by atoms with Crippen LogP contribution >= 0.6 is 0 Å². The van der Waals surface area contributed by atoms with Gasteiger partial charge in [0.05, 0.1) is 12.2 Å². The Morgan fingerprint density at radius 3 is 2.50 bits per heavy atom. The van der Waals surface area contributed by atoms with Gasteiger partial charge in [-0.05, 0) is 50.9 Å². The quantitative estimate of drug-likeness (QED) is 0.708. The van der Waals surface area contributed by atoms with Crippen molar-refractivity contribution in [1.82, 2.24) is 0 Å². The fourth-order valence-corrected chi connectivity index (χ4v) is 3.44. The molecule has 5 nitrogen and oxygen atoms in total. The summed E-state index contributed by atoms with van der Waals surface area (Å²) < 4.78 is 11.5. The van der Waals surface area contributed by atoms with E-state index in [0.717, 1.165) is 18.8 Å². The minimum Gasteiger partial charge on any atom is -0.388 e. The fourth-order valence-electron chi connectivity index (χ4n) is 3.44. The zero-order chi connectivity index (χ0) is 14.3. The highest BCUT2D eigenvalue weighted by Crippen LogP contribution is 2.45. The first-order valence-electron chi connectivity index (χ1n) is 7.76. The summed E-state index contributed by atoms with van der Waals surface area (Å²) in [7, 11) is 0. The van der Waals surface area contributed by atoms with Crippen LogP contribution in [0, 0.1) is 18.3 Å². The predicted molar refractivity (Wildman–Crippen MR) is 71.6 cm³/mol. The van der Waals surface area contributed by atoms with Gasteiger partial charge < -0.3 is 24.8 Å². The van der Waals surface area contributed by atoms with Gasteiger partial charge >= 0.3 is 0 Å². The molecule has 3 rings (SSSR count). The third-order valence-corrected chi connectivity index (χ3v) is 4.89. The average molecular weight is 285 g/mol. The van der Waals surface area contributed by atoms with Crippen LogP contribution in [0.15, 0.2) is 0 Å².